The van der Waals surface area contributed by atoms with Gasteiger partial charge in [-0.2, -0.15) is 0 Å². The molecule has 262 valence electrons. The summed E-state index contributed by atoms with van der Waals surface area (Å²) >= 11 is 6.17. The van der Waals surface area contributed by atoms with Gasteiger partial charge >= 0.3 is 5.97 Å². The minimum absolute atomic E-state index is 0.00236. The molecule has 0 bridgehead atoms. The van der Waals surface area contributed by atoms with Crippen LogP contribution in [0.15, 0.2) is 96.2 Å². The summed E-state index contributed by atoms with van der Waals surface area (Å²) in [4.78, 5) is 35.9. The summed E-state index contributed by atoms with van der Waals surface area (Å²) in [6, 6.07) is 21.6. The van der Waals surface area contributed by atoms with Crippen LogP contribution in [0.5, 0.6) is 5.75 Å². The Kier molecular flexibility index (Phi) is 11.1. The van der Waals surface area contributed by atoms with Crippen LogP contribution >= 0.6 is 23.5 Å². The lowest BCUT2D eigenvalue weighted by molar-refractivity contribution is -0.124. The number of hydrogen-bond acceptors (Lipinski definition) is 8. The van der Waals surface area contributed by atoms with Gasteiger partial charge in [0.2, 0.25) is 11.7 Å². The van der Waals surface area contributed by atoms with Crippen LogP contribution in [0.25, 0.3) is 0 Å². The van der Waals surface area contributed by atoms with Crippen molar-refractivity contribution in [2.75, 3.05) is 11.4 Å². The highest BCUT2D eigenvalue weighted by Gasteiger charge is 2.40. The molecular formula is C36H26ClF5N4O4S. The zero-order chi connectivity index (χ0) is 36.1. The Morgan fingerprint density at radius 2 is 1.45 bits per heavy atom. The highest BCUT2D eigenvalue weighted by atomic mass is 35.5. The highest BCUT2D eigenvalue weighted by Crippen LogP contribution is 2.39. The Balaban J connectivity index is 1.32. The molecule has 6 rings (SSSR count). The van der Waals surface area contributed by atoms with Gasteiger partial charge in [0.25, 0.3) is 0 Å². The summed E-state index contributed by atoms with van der Waals surface area (Å²) in [5.41, 5.74) is 2.20. The lowest BCUT2D eigenvalue weighted by Crippen LogP contribution is -2.54. The van der Waals surface area contributed by atoms with Gasteiger partial charge in [0.15, 0.2) is 23.3 Å². The zero-order valence-electron chi connectivity index (χ0n) is 26.4. The molecular weight excluding hydrogens is 715 g/mol. The van der Waals surface area contributed by atoms with E-state index in [9.17, 15) is 31.5 Å². The predicted octanol–water partition coefficient (Wildman–Crippen LogP) is 8.08. The van der Waals surface area contributed by atoms with Crippen LogP contribution in [0.1, 0.15) is 33.6 Å². The van der Waals surface area contributed by atoms with Crippen LogP contribution in [0, 0.1) is 29.1 Å². The molecule has 2 heterocycles. The van der Waals surface area contributed by atoms with Gasteiger partial charge in [0.1, 0.15) is 40.6 Å². The minimum atomic E-state index is -2.28. The fourth-order valence-electron chi connectivity index (χ4n) is 5.06. The fraction of sp³-hybridized carbons (Fsp3) is 0.167. The van der Waals surface area contributed by atoms with Gasteiger partial charge in [0, 0.05) is 18.3 Å². The molecule has 0 radical (unpaired) electrons. The van der Waals surface area contributed by atoms with E-state index in [0.717, 1.165) is 11.1 Å². The summed E-state index contributed by atoms with van der Waals surface area (Å²) in [6.45, 7) is -0.00427. The molecule has 8 nitrogen and oxygen atoms in total. The second-order valence-electron chi connectivity index (χ2n) is 11.2. The third-order valence-electron chi connectivity index (χ3n) is 7.84. The second kappa shape index (κ2) is 15.9. The fourth-order valence-corrected chi connectivity index (χ4v) is 6.25. The number of ether oxygens (including phenoxy) is 2. The van der Waals surface area contributed by atoms with Crippen molar-refractivity contribution in [3.8, 4) is 5.75 Å². The third kappa shape index (κ3) is 8.14. The molecule has 1 aliphatic heterocycles. The van der Waals surface area contributed by atoms with Crippen molar-refractivity contribution in [3.05, 3.63) is 148 Å². The Bertz CT molecular complexity index is 2020. The summed E-state index contributed by atoms with van der Waals surface area (Å²) < 4.78 is 83.6. The number of amides is 1. The van der Waals surface area contributed by atoms with E-state index in [-0.39, 0.29) is 66.8 Å². The standard InChI is InChI=1S/C36H26ClF5N4O4S/c37-28-17-43-23(16-44-28)18-45(35(47)26-13-14-46(26)51-34-32(41)30(39)29(38)31(40)33(34)42)24-11-12-25(36(48)50-20-22-9-5-2-6-10-22)27(15-24)49-19-21-7-3-1-4-8-21/h1-12,15-17,26H,13-14,18-20H2/t26-/m1/s1. The van der Waals surface area contributed by atoms with E-state index >= 15 is 0 Å². The average molecular weight is 741 g/mol. The van der Waals surface area contributed by atoms with Gasteiger partial charge in [-0.25, -0.2) is 36.0 Å². The van der Waals surface area contributed by atoms with Gasteiger partial charge in [-0.3, -0.25) is 9.78 Å². The van der Waals surface area contributed by atoms with Crippen molar-refractivity contribution in [2.45, 2.75) is 37.1 Å². The Morgan fingerprint density at radius 3 is 2.04 bits per heavy atom. The maximum Gasteiger partial charge on any atom is 0.342 e. The monoisotopic (exact) mass is 740 g/mol. The number of esters is 1. The normalized spacial score (nSPS) is 14.1. The van der Waals surface area contributed by atoms with Crippen LogP contribution in [0.4, 0.5) is 27.6 Å². The van der Waals surface area contributed by atoms with E-state index in [4.69, 9.17) is 21.1 Å². The van der Waals surface area contributed by atoms with Crippen molar-refractivity contribution >= 4 is 41.1 Å². The number of benzene rings is 4. The van der Waals surface area contributed by atoms with Gasteiger partial charge < -0.3 is 14.4 Å². The first-order chi connectivity index (χ1) is 24.6. The molecule has 1 amide bonds. The number of hydrogen-bond donors (Lipinski definition) is 0. The summed E-state index contributed by atoms with van der Waals surface area (Å²) in [5.74, 6) is -11.6. The lowest BCUT2D eigenvalue weighted by atomic mass is 10.0. The Hall–Kier alpha value is -5.05. The molecule has 1 aliphatic rings. The number of carbonyl (C=O) groups excluding carboxylic acids is 2. The molecule has 1 fully saturated rings. The van der Waals surface area contributed by atoms with Crippen molar-refractivity contribution in [1.29, 1.82) is 0 Å². The number of anilines is 1. The van der Waals surface area contributed by atoms with Gasteiger partial charge in [-0.1, -0.05) is 72.3 Å². The topological polar surface area (TPSA) is 84.9 Å². The van der Waals surface area contributed by atoms with Crippen molar-refractivity contribution in [2.24, 2.45) is 0 Å². The maximum atomic E-state index is 14.5. The molecule has 1 atom stereocenters. The van der Waals surface area contributed by atoms with Gasteiger partial charge in [-0.15, -0.1) is 0 Å². The van der Waals surface area contributed by atoms with Gasteiger partial charge in [0.05, 0.1) is 24.6 Å². The minimum Gasteiger partial charge on any atom is -0.488 e. The predicted molar refractivity (Wildman–Crippen MR) is 178 cm³/mol. The molecule has 5 aromatic rings. The largest absolute Gasteiger partial charge is 0.488 e. The molecule has 51 heavy (non-hydrogen) atoms. The molecule has 1 saturated heterocycles. The number of halogens is 6. The Labute approximate surface area is 297 Å². The lowest BCUT2D eigenvalue weighted by Gasteiger charge is -2.41. The molecule has 0 saturated carbocycles. The number of carbonyl (C=O) groups is 2. The van der Waals surface area contributed by atoms with E-state index in [1.165, 1.54) is 39.8 Å². The molecule has 0 unspecified atom stereocenters. The van der Waals surface area contributed by atoms with Crippen LogP contribution in [-0.2, 0) is 29.3 Å². The van der Waals surface area contributed by atoms with E-state index < -0.39 is 51.9 Å². The molecule has 15 heteroatoms. The highest BCUT2D eigenvalue weighted by molar-refractivity contribution is 7.97. The summed E-state index contributed by atoms with van der Waals surface area (Å²) in [5, 5.41) is 0.107. The average Bonchev–Trinajstić information content (AvgIpc) is 3.14. The van der Waals surface area contributed by atoms with Crippen LogP contribution < -0.4 is 9.64 Å². The van der Waals surface area contributed by atoms with E-state index in [0.29, 0.717) is 5.69 Å². The Morgan fingerprint density at radius 1 is 0.824 bits per heavy atom. The summed E-state index contributed by atoms with van der Waals surface area (Å²) in [6.07, 6.45) is 2.84. The zero-order valence-corrected chi connectivity index (χ0v) is 27.9. The van der Waals surface area contributed by atoms with Crippen LogP contribution in [0.3, 0.4) is 0 Å². The first kappa shape index (κ1) is 35.8. The summed E-state index contributed by atoms with van der Waals surface area (Å²) in [7, 11) is 0. The second-order valence-corrected chi connectivity index (χ2v) is 12.7. The van der Waals surface area contributed by atoms with Gasteiger partial charge in [-0.05, 0) is 41.6 Å². The van der Waals surface area contributed by atoms with Crippen molar-refractivity contribution in [3.63, 3.8) is 0 Å². The molecule has 0 spiro atoms. The molecule has 1 aromatic heterocycles. The SMILES string of the molecule is O=C(OCc1ccccc1)c1ccc(N(Cc2cnc(Cl)cn2)C(=O)[C@H]2CCN2Sc2c(F)c(F)c(F)c(F)c2F)cc1OCc1ccccc1. The third-order valence-corrected chi connectivity index (χ3v) is 9.25. The molecule has 0 N–H and O–H groups in total. The van der Waals surface area contributed by atoms with Crippen LogP contribution in [0.2, 0.25) is 5.15 Å². The maximum absolute atomic E-state index is 14.5. The van der Waals surface area contributed by atoms with Crippen molar-refractivity contribution in [1.82, 2.24) is 14.3 Å². The van der Waals surface area contributed by atoms with E-state index in [1.54, 1.807) is 12.1 Å². The van der Waals surface area contributed by atoms with E-state index in [2.05, 4.69) is 9.97 Å². The quantitative estimate of drug-likeness (QED) is 0.0418. The smallest absolute Gasteiger partial charge is 0.342 e. The first-order valence-electron chi connectivity index (χ1n) is 15.4. The first-order valence-corrected chi connectivity index (χ1v) is 16.5. The molecule has 4 aromatic carbocycles. The number of aromatic nitrogens is 2. The van der Waals surface area contributed by atoms with Crippen molar-refractivity contribution < 1.29 is 41.0 Å². The van der Waals surface area contributed by atoms with E-state index in [1.807, 2.05) is 48.5 Å². The molecule has 0 aliphatic carbocycles. The number of nitrogens with zero attached hydrogens (tertiary/aromatic N) is 4. The number of rotatable bonds is 12. The van der Waals surface area contributed by atoms with Crippen LogP contribution in [-0.4, -0.2) is 38.7 Å².